The summed E-state index contributed by atoms with van der Waals surface area (Å²) in [4.78, 5) is 2.26. The van der Waals surface area contributed by atoms with Crippen LogP contribution in [0, 0.1) is 18.3 Å². The van der Waals surface area contributed by atoms with Crippen LogP contribution in [0.25, 0.3) is 0 Å². The third-order valence-corrected chi connectivity index (χ3v) is 4.09. The molecule has 1 saturated heterocycles. The first kappa shape index (κ1) is 14.0. The normalized spacial score (nSPS) is 19.6. The van der Waals surface area contributed by atoms with Crippen molar-refractivity contribution in [1.29, 1.82) is 5.26 Å². The Bertz CT molecular complexity index is 460. The van der Waals surface area contributed by atoms with Crippen LogP contribution in [-0.2, 0) is 11.2 Å². The number of ether oxygens (including phenoxy) is 1. The summed E-state index contributed by atoms with van der Waals surface area (Å²) in [6.45, 7) is 7.38. The minimum Gasteiger partial charge on any atom is -0.379 e. The van der Waals surface area contributed by atoms with Gasteiger partial charge in [0.25, 0.3) is 0 Å². The number of nitriles is 1. The fraction of sp³-hybridized carbons (Fsp3) is 0.562. The largest absolute Gasteiger partial charge is 0.379 e. The van der Waals surface area contributed by atoms with Crippen molar-refractivity contribution in [2.45, 2.75) is 32.2 Å². The third-order valence-electron chi connectivity index (χ3n) is 4.09. The van der Waals surface area contributed by atoms with Gasteiger partial charge in [-0.25, -0.2) is 0 Å². The highest BCUT2D eigenvalue weighted by Gasteiger charge is 2.32. The first-order valence-electron chi connectivity index (χ1n) is 6.94. The standard InChI is InChI=1S/C16H22N2O/c1-14-5-3-4-6-15(14)7-8-16(2,13-17)18-9-11-19-12-10-18/h3-6H,7-12H2,1-2H3. The van der Waals surface area contributed by atoms with Crippen molar-refractivity contribution in [3.8, 4) is 6.07 Å². The van der Waals surface area contributed by atoms with Crippen LogP contribution in [0.5, 0.6) is 0 Å². The van der Waals surface area contributed by atoms with E-state index in [9.17, 15) is 5.26 Å². The molecular formula is C16H22N2O. The van der Waals surface area contributed by atoms with Crippen molar-refractivity contribution in [3.05, 3.63) is 35.4 Å². The van der Waals surface area contributed by atoms with Crippen LogP contribution >= 0.6 is 0 Å². The Morgan fingerprint density at radius 1 is 1.32 bits per heavy atom. The van der Waals surface area contributed by atoms with Gasteiger partial charge < -0.3 is 4.74 Å². The molecule has 1 aliphatic rings. The Morgan fingerprint density at radius 3 is 2.63 bits per heavy atom. The van der Waals surface area contributed by atoms with Crippen LogP contribution in [0.4, 0.5) is 0 Å². The average molecular weight is 258 g/mol. The lowest BCUT2D eigenvalue weighted by Crippen LogP contribution is -2.51. The molecule has 1 atom stereocenters. The molecule has 0 radical (unpaired) electrons. The molecule has 0 N–H and O–H groups in total. The lowest BCUT2D eigenvalue weighted by atomic mass is 9.91. The van der Waals surface area contributed by atoms with E-state index in [1.165, 1.54) is 11.1 Å². The number of benzene rings is 1. The van der Waals surface area contributed by atoms with Gasteiger partial charge in [-0.1, -0.05) is 24.3 Å². The predicted molar refractivity (Wildman–Crippen MR) is 75.9 cm³/mol. The smallest absolute Gasteiger partial charge is 0.106 e. The molecule has 1 aromatic rings. The zero-order valence-corrected chi connectivity index (χ0v) is 11.9. The second-order valence-electron chi connectivity index (χ2n) is 5.41. The second kappa shape index (κ2) is 6.18. The van der Waals surface area contributed by atoms with Crippen LogP contribution < -0.4 is 0 Å². The SMILES string of the molecule is Cc1ccccc1CCC(C)(C#N)N1CCOCC1. The maximum absolute atomic E-state index is 9.55. The Labute approximate surface area is 115 Å². The molecule has 0 bridgehead atoms. The van der Waals surface area contributed by atoms with Gasteiger partial charge >= 0.3 is 0 Å². The molecule has 0 spiro atoms. The van der Waals surface area contributed by atoms with Gasteiger partial charge in [-0.05, 0) is 37.8 Å². The van der Waals surface area contributed by atoms with Crippen LogP contribution in [-0.4, -0.2) is 36.7 Å². The van der Waals surface area contributed by atoms with Crippen LogP contribution in [0.15, 0.2) is 24.3 Å². The van der Waals surface area contributed by atoms with E-state index >= 15 is 0 Å². The van der Waals surface area contributed by atoms with Gasteiger partial charge in [0.1, 0.15) is 5.54 Å². The van der Waals surface area contributed by atoms with E-state index in [2.05, 4.69) is 49.1 Å². The minimum atomic E-state index is -0.383. The maximum atomic E-state index is 9.55. The fourth-order valence-corrected chi connectivity index (χ4v) is 2.61. The summed E-state index contributed by atoms with van der Waals surface area (Å²) < 4.78 is 5.37. The van der Waals surface area contributed by atoms with Gasteiger partial charge in [0, 0.05) is 13.1 Å². The van der Waals surface area contributed by atoms with E-state index in [0.717, 1.165) is 39.1 Å². The molecule has 3 heteroatoms. The Morgan fingerprint density at radius 2 is 2.00 bits per heavy atom. The molecule has 0 aromatic heterocycles. The summed E-state index contributed by atoms with van der Waals surface area (Å²) in [7, 11) is 0. The molecular weight excluding hydrogens is 236 g/mol. The number of hydrogen-bond acceptors (Lipinski definition) is 3. The Balaban J connectivity index is 2.02. The Kier molecular flexibility index (Phi) is 4.57. The summed E-state index contributed by atoms with van der Waals surface area (Å²) in [6.07, 6.45) is 1.82. The monoisotopic (exact) mass is 258 g/mol. The molecule has 1 unspecified atom stereocenters. The summed E-state index contributed by atoms with van der Waals surface area (Å²) >= 11 is 0. The van der Waals surface area contributed by atoms with E-state index in [1.54, 1.807) is 0 Å². The van der Waals surface area contributed by atoms with Gasteiger partial charge in [-0.3, -0.25) is 4.90 Å². The number of rotatable bonds is 4. The zero-order valence-electron chi connectivity index (χ0n) is 11.9. The van der Waals surface area contributed by atoms with Crippen molar-refractivity contribution in [2.24, 2.45) is 0 Å². The third kappa shape index (κ3) is 3.34. The highest BCUT2D eigenvalue weighted by Crippen LogP contribution is 2.23. The molecule has 19 heavy (non-hydrogen) atoms. The van der Waals surface area contributed by atoms with Crippen LogP contribution in [0.2, 0.25) is 0 Å². The van der Waals surface area contributed by atoms with Gasteiger partial charge in [-0.15, -0.1) is 0 Å². The summed E-state index contributed by atoms with van der Waals surface area (Å²) in [5.74, 6) is 0. The summed E-state index contributed by atoms with van der Waals surface area (Å²) in [5, 5.41) is 9.55. The van der Waals surface area contributed by atoms with E-state index in [4.69, 9.17) is 4.74 Å². The molecule has 2 rings (SSSR count). The predicted octanol–water partition coefficient (Wildman–Crippen LogP) is 2.54. The zero-order chi connectivity index (χ0) is 13.7. The van der Waals surface area contributed by atoms with Crippen LogP contribution in [0.1, 0.15) is 24.5 Å². The molecule has 0 aliphatic carbocycles. The number of hydrogen-bond donors (Lipinski definition) is 0. The molecule has 0 saturated carbocycles. The Hall–Kier alpha value is -1.37. The maximum Gasteiger partial charge on any atom is 0.106 e. The van der Waals surface area contributed by atoms with Crippen LogP contribution in [0.3, 0.4) is 0 Å². The van der Waals surface area contributed by atoms with Crippen molar-refractivity contribution in [2.75, 3.05) is 26.3 Å². The molecule has 1 fully saturated rings. The van der Waals surface area contributed by atoms with Crippen molar-refractivity contribution in [3.63, 3.8) is 0 Å². The molecule has 102 valence electrons. The molecule has 0 amide bonds. The lowest BCUT2D eigenvalue weighted by Gasteiger charge is -2.38. The first-order valence-corrected chi connectivity index (χ1v) is 6.94. The van der Waals surface area contributed by atoms with Gasteiger partial charge in [0.05, 0.1) is 19.3 Å². The number of nitrogens with zero attached hydrogens (tertiary/aromatic N) is 2. The molecule has 3 nitrogen and oxygen atoms in total. The summed E-state index contributed by atoms with van der Waals surface area (Å²) in [5.41, 5.74) is 2.27. The second-order valence-corrected chi connectivity index (χ2v) is 5.41. The van der Waals surface area contributed by atoms with Gasteiger partial charge in [0.2, 0.25) is 0 Å². The van der Waals surface area contributed by atoms with E-state index in [-0.39, 0.29) is 5.54 Å². The van der Waals surface area contributed by atoms with Gasteiger partial charge in [-0.2, -0.15) is 5.26 Å². The fourth-order valence-electron chi connectivity index (χ4n) is 2.61. The number of morpholine rings is 1. The molecule has 1 aliphatic heterocycles. The van der Waals surface area contributed by atoms with Gasteiger partial charge in [0.15, 0.2) is 0 Å². The molecule has 1 heterocycles. The summed E-state index contributed by atoms with van der Waals surface area (Å²) in [6, 6.07) is 10.9. The highest BCUT2D eigenvalue weighted by molar-refractivity contribution is 5.26. The number of aryl methyl sites for hydroxylation is 2. The van der Waals surface area contributed by atoms with Crippen molar-refractivity contribution in [1.82, 2.24) is 4.90 Å². The van der Waals surface area contributed by atoms with Crippen molar-refractivity contribution >= 4 is 0 Å². The van der Waals surface area contributed by atoms with E-state index < -0.39 is 0 Å². The average Bonchev–Trinajstić information content (AvgIpc) is 2.47. The highest BCUT2D eigenvalue weighted by atomic mass is 16.5. The van der Waals surface area contributed by atoms with Crippen molar-refractivity contribution < 1.29 is 4.74 Å². The quantitative estimate of drug-likeness (QED) is 0.832. The first-order chi connectivity index (χ1) is 9.15. The van der Waals surface area contributed by atoms with E-state index in [0.29, 0.717) is 0 Å². The lowest BCUT2D eigenvalue weighted by molar-refractivity contribution is -0.000457. The molecule has 1 aromatic carbocycles. The van der Waals surface area contributed by atoms with E-state index in [1.807, 2.05) is 0 Å². The topological polar surface area (TPSA) is 36.3 Å². The minimum absolute atomic E-state index is 0.383.